The fourth-order valence-electron chi connectivity index (χ4n) is 2.30. The Morgan fingerprint density at radius 1 is 1.37 bits per heavy atom. The molecular formula is C13H17BrN2O2S. The van der Waals surface area contributed by atoms with Gasteiger partial charge in [-0.2, -0.15) is 0 Å². The molecule has 0 radical (unpaired) electrons. The van der Waals surface area contributed by atoms with Gasteiger partial charge in [0.1, 0.15) is 12.1 Å². The number of hydrogen-bond acceptors (Lipinski definition) is 3. The Bertz CT molecular complexity index is 489. The lowest BCUT2D eigenvalue weighted by atomic mass is 10.0. The molecule has 1 aromatic rings. The van der Waals surface area contributed by atoms with Crippen LogP contribution in [0.15, 0.2) is 15.9 Å². The molecule has 1 aliphatic heterocycles. The van der Waals surface area contributed by atoms with E-state index in [-0.39, 0.29) is 23.9 Å². The Kier molecular flexibility index (Phi) is 4.62. The fourth-order valence-corrected chi connectivity index (χ4v) is 3.75. The molecule has 2 heterocycles. The third-order valence-corrected chi connectivity index (χ3v) is 5.00. The molecule has 0 spiro atoms. The van der Waals surface area contributed by atoms with E-state index >= 15 is 0 Å². The van der Waals surface area contributed by atoms with Gasteiger partial charge in [0.2, 0.25) is 11.8 Å². The lowest BCUT2D eigenvalue weighted by Gasteiger charge is -2.38. The largest absolute Gasteiger partial charge is 0.343 e. The minimum Gasteiger partial charge on any atom is -0.343 e. The highest BCUT2D eigenvalue weighted by Gasteiger charge is 2.38. The molecule has 1 aliphatic rings. The van der Waals surface area contributed by atoms with Gasteiger partial charge >= 0.3 is 0 Å². The fraction of sp³-hybridized carbons (Fsp3) is 0.538. The number of nitrogens with one attached hydrogen (secondary N) is 1. The Morgan fingerprint density at radius 2 is 2.11 bits per heavy atom. The normalized spacial score (nSPS) is 23.6. The minimum atomic E-state index is -0.376. The van der Waals surface area contributed by atoms with Crippen LogP contribution in [0.5, 0.6) is 0 Å². The Labute approximate surface area is 125 Å². The Balaban J connectivity index is 2.21. The second-order valence-corrected chi connectivity index (χ2v) is 6.50. The topological polar surface area (TPSA) is 49.4 Å². The summed E-state index contributed by atoms with van der Waals surface area (Å²) in [5, 5.41) is 4.79. The van der Waals surface area contributed by atoms with Gasteiger partial charge in [-0.25, -0.2) is 0 Å². The van der Waals surface area contributed by atoms with Crippen molar-refractivity contribution in [1.29, 1.82) is 0 Å². The van der Waals surface area contributed by atoms with Gasteiger partial charge in [-0.1, -0.05) is 13.8 Å². The molecule has 104 valence electrons. The standard InChI is InChI=1S/C13H17BrN2O2S/c1-3-10-13(18)16(11(4-2)12(17)15-10)6-9-5-8(14)7-19-9/h5,7,10-11H,3-4,6H2,1-2H3,(H,15,17). The van der Waals surface area contributed by atoms with Crippen LogP contribution >= 0.6 is 27.3 Å². The maximum absolute atomic E-state index is 12.4. The van der Waals surface area contributed by atoms with E-state index in [0.29, 0.717) is 19.4 Å². The van der Waals surface area contributed by atoms with E-state index in [9.17, 15) is 9.59 Å². The quantitative estimate of drug-likeness (QED) is 0.912. The zero-order valence-corrected chi connectivity index (χ0v) is 13.4. The van der Waals surface area contributed by atoms with Gasteiger partial charge in [-0.05, 0) is 34.8 Å². The Hall–Kier alpha value is -0.880. The van der Waals surface area contributed by atoms with Crippen LogP contribution < -0.4 is 5.32 Å². The molecule has 1 N–H and O–H groups in total. The molecule has 1 saturated heterocycles. The van der Waals surface area contributed by atoms with Gasteiger partial charge in [0.15, 0.2) is 0 Å². The summed E-state index contributed by atoms with van der Waals surface area (Å²) in [6.07, 6.45) is 1.27. The van der Waals surface area contributed by atoms with Crippen LogP contribution in [0.4, 0.5) is 0 Å². The highest BCUT2D eigenvalue weighted by Crippen LogP contribution is 2.24. The van der Waals surface area contributed by atoms with Crippen molar-refractivity contribution in [1.82, 2.24) is 10.2 Å². The molecule has 1 aromatic heterocycles. The number of halogens is 1. The molecule has 1 fully saturated rings. The lowest BCUT2D eigenvalue weighted by Crippen LogP contribution is -2.62. The van der Waals surface area contributed by atoms with Gasteiger partial charge in [-0.15, -0.1) is 11.3 Å². The zero-order chi connectivity index (χ0) is 14.0. The van der Waals surface area contributed by atoms with Crippen molar-refractivity contribution in [2.75, 3.05) is 0 Å². The van der Waals surface area contributed by atoms with Crippen LogP contribution in [0.25, 0.3) is 0 Å². The number of amides is 2. The maximum Gasteiger partial charge on any atom is 0.246 e. The van der Waals surface area contributed by atoms with Gasteiger partial charge in [0.05, 0.1) is 6.54 Å². The monoisotopic (exact) mass is 344 g/mol. The summed E-state index contributed by atoms with van der Waals surface area (Å²) in [5.41, 5.74) is 0. The number of carbonyl (C=O) groups is 2. The zero-order valence-electron chi connectivity index (χ0n) is 11.0. The van der Waals surface area contributed by atoms with Crippen molar-refractivity contribution in [2.45, 2.75) is 45.3 Å². The second kappa shape index (κ2) is 6.05. The van der Waals surface area contributed by atoms with Crippen molar-refractivity contribution >= 4 is 39.1 Å². The Morgan fingerprint density at radius 3 is 2.63 bits per heavy atom. The molecule has 0 aromatic carbocycles. The van der Waals surface area contributed by atoms with Crippen molar-refractivity contribution in [2.24, 2.45) is 0 Å². The van der Waals surface area contributed by atoms with E-state index in [2.05, 4.69) is 21.2 Å². The van der Waals surface area contributed by atoms with Crippen LogP contribution in [-0.4, -0.2) is 28.8 Å². The van der Waals surface area contributed by atoms with E-state index in [1.54, 1.807) is 16.2 Å². The molecule has 19 heavy (non-hydrogen) atoms. The summed E-state index contributed by atoms with van der Waals surface area (Å²) < 4.78 is 1.02. The third kappa shape index (κ3) is 3.00. The van der Waals surface area contributed by atoms with E-state index in [1.165, 1.54) is 0 Å². The van der Waals surface area contributed by atoms with Crippen molar-refractivity contribution < 1.29 is 9.59 Å². The molecule has 2 amide bonds. The summed E-state index contributed by atoms with van der Waals surface area (Å²) in [6.45, 7) is 4.35. The van der Waals surface area contributed by atoms with E-state index in [4.69, 9.17) is 0 Å². The molecule has 6 heteroatoms. The molecule has 0 bridgehead atoms. The first-order valence-corrected chi connectivity index (χ1v) is 8.07. The number of piperazine rings is 1. The number of carbonyl (C=O) groups excluding carboxylic acids is 2. The first kappa shape index (κ1) is 14.5. The average Bonchev–Trinajstić information content (AvgIpc) is 2.79. The van der Waals surface area contributed by atoms with Crippen molar-refractivity contribution in [3.8, 4) is 0 Å². The van der Waals surface area contributed by atoms with Gasteiger partial charge in [-0.3, -0.25) is 9.59 Å². The number of nitrogens with zero attached hydrogens (tertiary/aromatic N) is 1. The van der Waals surface area contributed by atoms with E-state index in [0.717, 1.165) is 9.35 Å². The highest BCUT2D eigenvalue weighted by molar-refractivity contribution is 9.10. The molecule has 4 nitrogen and oxygen atoms in total. The lowest BCUT2D eigenvalue weighted by molar-refractivity contribution is -0.150. The smallest absolute Gasteiger partial charge is 0.246 e. The average molecular weight is 345 g/mol. The van der Waals surface area contributed by atoms with E-state index < -0.39 is 0 Å². The minimum absolute atomic E-state index is 0.0264. The van der Waals surface area contributed by atoms with Crippen LogP contribution in [0, 0.1) is 0 Å². The molecule has 2 rings (SSSR count). The summed E-state index contributed by atoms with van der Waals surface area (Å²) in [6, 6.07) is 1.27. The third-order valence-electron chi connectivity index (χ3n) is 3.32. The SMILES string of the molecule is CCC1NC(=O)C(CC)N(Cc2cc(Br)cs2)C1=O. The summed E-state index contributed by atoms with van der Waals surface area (Å²) in [5.74, 6) is -0.0111. The molecule has 0 saturated carbocycles. The highest BCUT2D eigenvalue weighted by atomic mass is 79.9. The second-order valence-electron chi connectivity index (χ2n) is 4.59. The van der Waals surface area contributed by atoms with Gasteiger partial charge in [0.25, 0.3) is 0 Å². The molecular weight excluding hydrogens is 328 g/mol. The van der Waals surface area contributed by atoms with Gasteiger partial charge in [0, 0.05) is 14.7 Å². The van der Waals surface area contributed by atoms with Crippen molar-refractivity contribution in [3.63, 3.8) is 0 Å². The number of thiophene rings is 1. The first-order chi connectivity index (χ1) is 9.06. The number of hydrogen-bond donors (Lipinski definition) is 1. The maximum atomic E-state index is 12.4. The van der Waals surface area contributed by atoms with Crippen molar-refractivity contribution in [3.05, 3.63) is 20.8 Å². The summed E-state index contributed by atoms with van der Waals surface area (Å²) in [7, 11) is 0. The van der Waals surface area contributed by atoms with Crippen LogP contribution in [0.2, 0.25) is 0 Å². The van der Waals surface area contributed by atoms with Crippen LogP contribution in [-0.2, 0) is 16.1 Å². The molecule has 0 aliphatic carbocycles. The predicted molar refractivity (Wildman–Crippen MR) is 78.9 cm³/mol. The number of rotatable bonds is 4. The molecule has 2 unspecified atom stereocenters. The van der Waals surface area contributed by atoms with E-state index in [1.807, 2.05) is 25.3 Å². The molecule has 2 atom stereocenters. The summed E-state index contributed by atoms with van der Waals surface area (Å²) in [4.78, 5) is 27.2. The van der Waals surface area contributed by atoms with Crippen LogP contribution in [0.3, 0.4) is 0 Å². The first-order valence-electron chi connectivity index (χ1n) is 6.40. The summed E-state index contributed by atoms with van der Waals surface area (Å²) >= 11 is 5.00. The van der Waals surface area contributed by atoms with Crippen LogP contribution in [0.1, 0.15) is 31.6 Å². The van der Waals surface area contributed by atoms with Gasteiger partial charge < -0.3 is 10.2 Å². The predicted octanol–water partition coefficient (Wildman–Crippen LogP) is 2.53.